The minimum Gasteiger partial charge on any atom is -0.480 e. The van der Waals surface area contributed by atoms with Crippen LogP contribution in [0.2, 0.25) is 0 Å². The lowest BCUT2D eigenvalue weighted by Crippen LogP contribution is -2.35. The number of oxazole rings is 2. The molecule has 1 aliphatic heterocycles. The van der Waals surface area contributed by atoms with E-state index in [9.17, 15) is 23.9 Å². The summed E-state index contributed by atoms with van der Waals surface area (Å²) >= 11 is 0. The number of likely N-dealkylation sites (tertiary alicyclic amines) is 1. The molecule has 13 heteroatoms. The first-order chi connectivity index (χ1) is 27.1. The van der Waals surface area contributed by atoms with E-state index in [0.717, 1.165) is 58.3 Å². The van der Waals surface area contributed by atoms with Crippen LogP contribution in [0.25, 0.3) is 56.2 Å². The number of aliphatic carboxylic acids is 1. The minimum absolute atomic E-state index is 0.0814. The lowest BCUT2D eigenvalue weighted by atomic mass is 9.91. The summed E-state index contributed by atoms with van der Waals surface area (Å²) in [7, 11) is 1.95. The zero-order chi connectivity index (χ0) is 39.1. The van der Waals surface area contributed by atoms with Crippen molar-refractivity contribution < 1.29 is 32.3 Å². The van der Waals surface area contributed by atoms with Gasteiger partial charge in [0.05, 0.1) is 17.6 Å². The third kappa shape index (κ3) is 7.11. The van der Waals surface area contributed by atoms with E-state index in [1.807, 2.05) is 80.2 Å². The van der Waals surface area contributed by atoms with Gasteiger partial charge in [-0.1, -0.05) is 24.3 Å². The Morgan fingerprint density at radius 1 is 0.982 bits per heavy atom. The van der Waals surface area contributed by atoms with Crippen LogP contribution in [0.1, 0.15) is 52.8 Å². The standard InChI is InChI=1S/C43H38F2N6O5/c1-24-30(10-5-12-32(24)40-48-34-18-28(21-51-15-7-14-36(51)42(52)53)37(55-43(44)45)19-38(34)54-40)31-11-6-13-33(25(31)2)41-49-35-17-26(16-27(20-46)39(35)56-41)8-4-9-29-22-50(3)23-47-29/h5-6,10-13,16-19,22-23,36,43H,4,7-9,14-15,21H2,1-3H3,(H,52,53)/t36-/m0/s1. The van der Waals surface area contributed by atoms with Crippen LogP contribution in [0.3, 0.4) is 0 Å². The number of carbonyl (C=O) groups is 1. The molecule has 0 saturated carbocycles. The highest BCUT2D eigenvalue weighted by atomic mass is 19.3. The van der Waals surface area contributed by atoms with Gasteiger partial charge in [-0.25, -0.2) is 15.0 Å². The van der Waals surface area contributed by atoms with Crippen molar-refractivity contribution >= 4 is 28.2 Å². The van der Waals surface area contributed by atoms with Crippen LogP contribution >= 0.6 is 0 Å². The maximum Gasteiger partial charge on any atom is 0.387 e. The van der Waals surface area contributed by atoms with Gasteiger partial charge in [0.2, 0.25) is 11.8 Å². The molecule has 0 bridgehead atoms. The summed E-state index contributed by atoms with van der Waals surface area (Å²) in [5.41, 5.74) is 9.80. The molecule has 0 spiro atoms. The van der Waals surface area contributed by atoms with Crippen molar-refractivity contribution in [3.05, 3.63) is 107 Å². The maximum atomic E-state index is 13.5. The number of imidazole rings is 1. The predicted molar refractivity (Wildman–Crippen MR) is 205 cm³/mol. The van der Waals surface area contributed by atoms with Gasteiger partial charge in [-0.05, 0) is 111 Å². The van der Waals surface area contributed by atoms with E-state index in [-0.39, 0.29) is 17.9 Å². The fourth-order valence-electron chi connectivity index (χ4n) is 7.78. The summed E-state index contributed by atoms with van der Waals surface area (Å²) in [6.45, 7) is 1.54. The van der Waals surface area contributed by atoms with Crippen LogP contribution < -0.4 is 4.74 Å². The number of rotatable bonds is 12. The molecule has 1 atom stereocenters. The number of nitrogens with zero attached hydrogens (tertiary/aromatic N) is 6. The number of fused-ring (bicyclic) bond motifs is 2. The number of carboxylic acid groups (broad SMARTS) is 1. The smallest absolute Gasteiger partial charge is 0.387 e. The lowest BCUT2D eigenvalue weighted by Gasteiger charge is -2.22. The second kappa shape index (κ2) is 15.0. The highest BCUT2D eigenvalue weighted by Crippen LogP contribution is 2.39. The Bertz CT molecular complexity index is 2660. The van der Waals surface area contributed by atoms with Crippen LogP contribution in [0, 0.1) is 25.2 Å². The van der Waals surface area contributed by atoms with E-state index < -0.39 is 18.6 Å². The highest BCUT2D eigenvalue weighted by Gasteiger charge is 2.31. The normalized spacial score (nSPS) is 14.6. The maximum absolute atomic E-state index is 13.5. The van der Waals surface area contributed by atoms with Crippen molar-refractivity contribution in [2.45, 2.75) is 65.1 Å². The molecule has 8 rings (SSSR count). The number of nitriles is 1. The third-order valence-corrected chi connectivity index (χ3v) is 10.6. The number of hydrogen-bond acceptors (Lipinski definition) is 9. The van der Waals surface area contributed by atoms with Gasteiger partial charge in [0.25, 0.3) is 0 Å². The summed E-state index contributed by atoms with van der Waals surface area (Å²) < 4.78 is 46.3. The van der Waals surface area contributed by atoms with Crippen molar-refractivity contribution in [1.29, 1.82) is 5.26 Å². The van der Waals surface area contributed by atoms with Crippen molar-refractivity contribution in [2.75, 3.05) is 6.54 Å². The Morgan fingerprint density at radius 3 is 2.34 bits per heavy atom. The Kier molecular flexibility index (Phi) is 9.82. The first-order valence-corrected chi connectivity index (χ1v) is 18.4. The Hall–Kier alpha value is -6.39. The molecule has 3 aromatic heterocycles. The molecule has 56 heavy (non-hydrogen) atoms. The van der Waals surface area contributed by atoms with Gasteiger partial charge in [-0.15, -0.1) is 0 Å². The molecule has 7 aromatic rings. The summed E-state index contributed by atoms with van der Waals surface area (Å²) in [5, 5.41) is 19.7. The van der Waals surface area contributed by atoms with Gasteiger partial charge in [0.1, 0.15) is 28.9 Å². The number of halogens is 2. The fraction of sp³-hybridized carbons (Fsp3) is 0.279. The van der Waals surface area contributed by atoms with Gasteiger partial charge in [0.15, 0.2) is 11.2 Å². The van der Waals surface area contributed by atoms with Crippen molar-refractivity contribution in [2.24, 2.45) is 7.05 Å². The minimum atomic E-state index is -3.07. The van der Waals surface area contributed by atoms with Crippen molar-refractivity contribution in [3.8, 4) is 45.9 Å². The molecule has 1 saturated heterocycles. The molecular formula is C43H38F2N6O5. The second-order valence-electron chi connectivity index (χ2n) is 14.3. The Balaban J connectivity index is 1.10. The monoisotopic (exact) mass is 756 g/mol. The summed E-state index contributed by atoms with van der Waals surface area (Å²) in [6, 6.07) is 20.2. The van der Waals surface area contributed by atoms with E-state index in [4.69, 9.17) is 23.5 Å². The Labute approximate surface area is 320 Å². The summed E-state index contributed by atoms with van der Waals surface area (Å²) in [6.07, 6.45) is 7.46. The highest BCUT2D eigenvalue weighted by molar-refractivity contribution is 5.86. The van der Waals surface area contributed by atoms with E-state index in [1.54, 1.807) is 17.3 Å². The number of aromatic nitrogens is 4. The number of alkyl halides is 2. The first-order valence-electron chi connectivity index (χ1n) is 18.4. The molecule has 0 aliphatic carbocycles. The number of hydrogen-bond donors (Lipinski definition) is 1. The van der Waals surface area contributed by atoms with E-state index >= 15 is 0 Å². The van der Waals surface area contributed by atoms with Gasteiger partial charge in [-0.2, -0.15) is 14.0 Å². The van der Waals surface area contributed by atoms with Gasteiger partial charge in [0, 0.05) is 42.5 Å². The summed E-state index contributed by atoms with van der Waals surface area (Å²) in [5.74, 6) is -0.311. The van der Waals surface area contributed by atoms with E-state index in [2.05, 4.69) is 11.1 Å². The molecule has 4 aromatic carbocycles. The number of ether oxygens (including phenoxy) is 1. The van der Waals surface area contributed by atoms with Gasteiger partial charge < -0.3 is 23.2 Å². The average Bonchev–Trinajstić information content (AvgIpc) is 3.98. The van der Waals surface area contributed by atoms with Gasteiger partial charge in [-0.3, -0.25) is 9.69 Å². The number of benzene rings is 4. The average molecular weight is 757 g/mol. The van der Waals surface area contributed by atoms with Crippen LogP contribution in [0.5, 0.6) is 5.75 Å². The van der Waals surface area contributed by atoms with Crippen LogP contribution in [-0.4, -0.2) is 54.7 Å². The molecular weight excluding hydrogens is 719 g/mol. The second-order valence-corrected chi connectivity index (χ2v) is 14.3. The molecule has 11 nitrogen and oxygen atoms in total. The third-order valence-electron chi connectivity index (χ3n) is 10.6. The fourth-order valence-corrected chi connectivity index (χ4v) is 7.78. The predicted octanol–water partition coefficient (Wildman–Crippen LogP) is 9.02. The molecule has 4 heterocycles. The lowest BCUT2D eigenvalue weighted by molar-refractivity contribution is -0.142. The van der Waals surface area contributed by atoms with Crippen LogP contribution in [-0.2, 0) is 31.2 Å². The van der Waals surface area contributed by atoms with Gasteiger partial charge >= 0.3 is 12.6 Å². The quantitative estimate of drug-likeness (QED) is 0.128. The van der Waals surface area contributed by atoms with E-state index in [0.29, 0.717) is 64.5 Å². The number of carboxylic acids is 1. The number of aryl methyl sites for hydroxylation is 3. The Morgan fingerprint density at radius 2 is 1.68 bits per heavy atom. The molecule has 0 unspecified atom stereocenters. The molecule has 284 valence electrons. The van der Waals surface area contributed by atoms with Crippen LogP contribution in [0.4, 0.5) is 8.78 Å². The zero-order valence-electron chi connectivity index (χ0n) is 31.1. The van der Waals surface area contributed by atoms with Crippen molar-refractivity contribution in [3.63, 3.8) is 0 Å². The van der Waals surface area contributed by atoms with Crippen molar-refractivity contribution in [1.82, 2.24) is 24.4 Å². The largest absolute Gasteiger partial charge is 0.480 e. The van der Waals surface area contributed by atoms with Crippen LogP contribution in [0.15, 0.2) is 82.0 Å². The topological polar surface area (TPSA) is 143 Å². The molecule has 0 amide bonds. The zero-order valence-corrected chi connectivity index (χ0v) is 31.1. The molecule has 1 fully saturated rings. The first kappa shape index (κ1) is 36.6. The van der Waals surface area contributed by atoms with E-state index in [1.165, 1.54) is 6.07 Å². The SMILES string of the molecule is Cc1c(-c2nc3cc(CN4CCC[C@H]4C(=O)O)c(OC(F)F)cc3o2)cccc1-c1cccc(-c2nc3cc(CCCc4cn(C)cn4)cc(C#N)c3o2)c1C. The molecule has 0 radical (unpaired) electrons. The molecule has 1 N–H and O–H groups in total. The summed E-state index contributed by atoms with van der Waals surface area (Å²) in [4.78, 5) is 27.6. The molecule has 1 aliphatic rings.